The largest absolute Gasteiger partial charge is 0.387 e. The van der Waals surface area contributed by atoms with Crippen molar-refractivity contribution in [2.24, 2.45) is 10.7 Å². The second-order valence-electron chi connectivity index (χ2n) is 2.96. The lowest BCUT2D eigenvalue weighted by molar-refractivity contribution is 0.982. The van der Waals surface area contributed by atoms with Crippen molar-refractivity contribution >= 4 is 11.5 Å². The molecule has 0 aliphatic heterocycles. The van der Waals surface area contributed by atoms with Crippen LogP contribution < -0.4 is 5.73 Å². The highest BCUT2D eigenvalue weighted by Gasteiger charge is 1.96. The molecule has 1 aromatic rings. The lowest BCUT2D eigenvalue weighted by Crippen LogP contribution is -2.10. The summed E-state index contributed by atoms with van der Waals surface area (Å²) >= 11 is 0. The third-order valence-corrected chi connectivity index (χ3v) is 1.75. The Morgan fingerprint density at radius 1 is 1.62 bits per heavy atom. The molecule has 0 spiro atoms. The van der Waals surface area contributed by atoms with Gasteiger partial charge in [-0.3, -0.25) is 4.98 Å². The third-order valence-electron chi connectivity index (χ3n) is 1.75. The highest BCUT2D eigenvalue weighted by molar-refractivity contribution is 5.83. The number of aliphatic imine (C=N–C) groups is 1. The molecule has 0 aliphatic rings. The van der Waals surface area contributed by atoms with Crippen molar-refractivity contribution in [2.75, 3.05) is 0 Å². The van der Waals surface area contributed by atoms with Crippen LogP contribution in [0.4, 0.5) is 5.69 Å². The van der Waals surface area contributed by atoms with Crippen LogP contribution >= 0.6 is 0 Å². The van der Waals surface area contributed by atoms with Gasteiger partial charge in [0.15, 0.2) is 0 Å². The Labute approximate surface area is 78.7 Å². The Hall–Kier alpha value is -1.38. The van der Waals surface area contributed by atoms with Gasteiger partial charge in [-0.15, -0.1) is 0 Å². The number of nitrogens with zero attached hydrogens (tertiary/aromatic N) is 2. The molecule has 1 heterocycles. The van der Waals surface area contributed by atoms with Gasteiger partial charge in [-0.1, -0.05) is 6.92 Å². The zero-order valence-corrected chi connectivity index (χ0v) is 8.12. The first kappa shape index (κ1) is 9.71. The Balaban J connectivity index is 2.84. The molecule has 0 amide bonds. The predicted octanol–water partition coefficient (Wildman–Crippen LogP) is 2.18. The molecule has 0 saturated carbocycles. The molecule has 3 nitrogen and oxygen atoms in total. The summed E-state index contributed by atoms with van der Waals surface area (Å²) in [7, 11) is 0. The number of aryl methyl sites for hydroxylation is 1. The van der Waals surface area contributed by atoms with Crippen molar-refractivity contribution in [3.05, 3.63) is 24.0 Å². The van der Waals surface area contributed by atoms with Gasteiger partial charge < -0.3 is 5.73 Å². The molecule has 13 heavy (non-hydrogen) atoms. The number of hydrogen-bond donors (Lipinski definition) is 1. The molecule has 0 fully saturated rings. The van der Waals surface area contributed by atoms with Gasteiger partial charge >= 0.3 is 0 Å². The van der Waals surface area contributed by atoms with E-state index in [2.05, 4.69) is 16.9 Å². The highest BCUT2D eigenvalue weighted by Crippen LogP contribution is 2.14. The van der Waals surface area contributed by atoms with Crippen molar-refractivity contribution in [3.63, 3.8) is 0 Å². The van der Waals surface area contributed by atoms with Crippen molar-refractivity contribution in [1.29, 1.82) is 0 Å². The van der Waals surface area contributed by atoms with Gasteiger partial charge in [-0.2, -0.15) is 0 Å². The fraction of sp³-hybridized carbons (Fsp3) is 0.400. The van der Waals surface area contributed by atoms with Gasteiger partial charge in [-0.05, 0) is 25.5 Å². The summed E-state index contributed by atoms with van der Waals surface area (Å²) in [4.78, 5) is 8.41. The van der Waals surface area contributed by atoms with E-state index < -0.39 is 0 Å². The molecule has 70 valence electrons. The maximum absolute atomic E-state index is 5.71. The fourth-order valence-corrected chi connectivity index (χ4v) is 1.06. The Morgan fingerprint density at radius 2 is 2.38 bits per heavy atom. The fourth-order valence-electron chi connectivity index (χ4n) is 1.06. The minimum atomic E-state index is 0.679. The van der Waals surface area contributed by atoms with E-state index in [9.17, 15) is 0 Å². The van der Waals surface area contributed by atoms with E-state index in [-0.39, 0.29) is 0 Å². The highest BCUT2D eigenvalue weighted by atomic mass is 14.9. The van der Waals surface area contributed by atoms with Crippen LogP contribution in [0, 0.1) is 6.92 Å². The Kier molecular flexibility index (Phi) is 3.43. The average molecular weight is 177 g/mol. The van der Waals surface area contributed by atoms with Gasteiger partial charge in [-0.25, -0.2) is 4.99 Å². The maximum Gasteiger partial charge on any atom is 0.0997 e. The van der Waals surface area contributed by atoms with Gasteiger partial charge in [0.2, 0.25) is 0 Å². The summed E-state index contributed by atoms with van der Waals surface area (Å²) in [5, 5.41) is 0. The zero-order valence-electron chi connectivity index (χ0n) is 8.12. The molecular formula is C10H15N3. The van der Waals surface area contributed by atoms with Crippen LogP contribution in [0.15, 0.2) is 23.3 Å². The molecule has 0 aliphatic carbocycles. The number of rotatable bonds is 3. The van der Waals surface area contributed by atoms with E-state index in [0.717, 1.165) is 24.2 Å². The van der Waals surface area contributed by atoms with E-state index >= 15 is 0 Å². The molecule has 1 rings (SSSR count). The van der Waals surface area contributed by atoms with Crippen LogP contribution in [0.2, 0.25) is 0 Å². The number of amidine groups is 1. The number of pyridine rings is 1. The standard InChI is InChI=1S/C10H15N3/c1-3-5-10(11)13-9-6-4-7-12-8(9)2/h4,6-7H,3,5H2,1-2H3,(H2,11,13). The summed E-state index contributed by atoms with van der Waals surface area (Å²) in [5.41, 5.74) is 7.49. The van der Waals surface area contributed by atoms with Gasteiger partial charge in [0.1, 0.15) is 0 Å². The second kappa shape index (κ2) is 4.60. The molecule has 0 aromatic carbocycles. The van der Waals surface area contributed by atoms with Crippen LogP contribution in [-0.2, 0) is 0 Å². The van der Waals surface area contributed by atoms with Crippen LogP contribution in [0.3, 0.4) is 0 Å². The minimum Gasteiger partial charge on any atom is -0.387 e. The summed E-state index contributed by atoms with van der Waals surface area (Å²) < 4.78 is 0. The van der Waals surface area contributed by atoms with Crippen LogP contribution in [0.5, 0.6) is 0 Å². The lowest BCUT2D eigenvalue weighted by atomic mass is 10.3. The maximum atomic E-state index is 5.71. The van der Waals surface area contributed by atoms with Crippen LogP contribution in [0.1, 0.15) is 25.5 Å². The van der Waals surface area contributed by atoms with Crippen molar-refractivity contribution in [2.45, 2.75) is 26.7 Å². The summed E-state index contributed by atoms with van der Waals surface area (Å²) in [6.07, 6.45) is 3.62. The molecule has 3 heteroatoms. The lowest BCUT2D eigenvalue weighted by Gasteiger charge is -2.00. The van der Waals surface area contributed by atoms with Crippen molar-refractivity contribution in [3.8, 4) is 0 Å². The molecule has 2 N–H and O–H groups in total. The molecule has 0 unspecified atom stereocenters. The predicted molar refractivity (Wildman–Crippen MR) is 55.2 cm³/mol. The van der Waals surface area contributed by atoms with Crippen molar-refractivity contribution in [1.82, 2.24) is 4.98 Å². The summed E-state index contributed by atoms with van der Waals surface area (Å²) in [5.74, 6) is 0.679. The number of hydrogen-bond acceptors (Lipinski definition) is 2. The first-order chi connectivity index (χ1) is 6.24. The normalized spacial score (nSPS) is 11.7. The number of nitrogens with two attached hydrogens (primary N) is 1. The van der Waals surface area contributed by atoms with E-state index in [1.807, 2.05) is 19.1 Å². The molecule has 0 radical (unpaired) electrons. The van der Waals surface area contributed by atoms with E-state index in [1.165, 1.54) is 0 Å². The molecule has 0 atom stereocenters. The van der Waals surface area contributed by atoms with Gasteiger partial charge in [0.25, 0.3) is 0 Å². The van der Waals surface area contributed by atoms with Crippen LogP contribution in [0.25, 0.3) is 0 Å². The van der Waals surface area contributed by atoms with Gasteiger partial charge in [0, 0.05) is 12.6 Å². The average Bonchev–Trinajstić information content (AvgIpc) is 2.09. The first-order valence-electron chi connectivity index (χ1n) is 4.48. The first-order valence-corrected chi connectivity index (χ1v) is 4.48. The smallest absolute Gasteiger partial charge is 0.0997 e. The van der Waals surface area contributed by atoms with Crippen molar-refractivity contribution < 1.29 is 0 Å². The third kappa shape index (κ3) is 2.86. The second-order valence-corrected chi connectivity index (χ2v) is 2.96. The minimum absolute atomic E-state index is 0.679. The number of aromatic nitrogens is 1. The molecule has 0 bridgehead atoms. The SMILES string of the molecule is CCCC(N)=Nc1cccnc1C. The monoisotopic (exact) mass is 177 g/mol. The quantitative estimate of drug-likeness (QED) is 0.568. The van der Waals surface area contributed by atoms with Gasteiger partial charge in [0.05, 0.1) is 17.2 Å². The summed E-state index contributed by atoms with van der Waals surface area (Å²) in [6.45, 7) is 4.01. The zero-order chi connectivity index (χ0) is 9.68. The Morgan fingerprint density at radius 3 is 3.00 bits per heavy atom. The molecule has 0 saturated heterocycles. The Bertz CT molecular complexity index is 305. The topological polar surface area (TPSA) is 51.3 Å². The summed E-state index contributed by atoms with van der Waals surface area (Å²) in [6, 6.07) is 3.79. The van der Waals surface area contributed by atoms with E-state index in [4.69, 9.17) is 5.73 Å². The molecular weight excluding hydrogens is 162 g/mol. The van der Waals surface area contributed by atoms with E-state index in [0.29, 0.717) is 5.84 Å². The molecule has 1 aromatic heterocycles. The van der Waals surface area contributed by atoms with Crippen LogP contribution in [-0.4, -0.2) is 10.8 Å². The van der Waals surface area contributed by atoms with E-state index in [1.54, 1.807) is 6.20 Å².